The predicted molar refractivity (Wildman–Crippen MR) is 44.4 cm³/mol. The van der Waals surface area contributed by atoms with E-state index in [0.717, 1.165) is 19.1 Å². The Hall–Kier alpha value is -0.960. The average molecular weight is 184 g/mol. The maximum Gasteiger partial charge on any atom is 0.162 e. The zero-order chi connectivity index (χ0) is 9.26. The molecule has 0 saturated carbocycles. The number of hydrogen-bond donors (Lipinski definition) is 0. The summed E-state index contributed by atoms with van der Waals surface area (Å²) in [5.74, 6) is -1.49. The monoisotopic (exact) mass is 184 g/mol. The third-order valence-electron chi connectivity index (χ3n) is 2.17. The Morgan fingerprint density at radius 3 is 2.85 bits per heavy atom. The summed E-state index contributed by atoms with van der Waals surface area (Å²) >= 11 is 0. The average Bonchev–Trinajstić information content (AvgIpc) is 2.91. The zero-order valence-corrected chi connectivity index (χ0v) is 7.09. The summed E-state index contributed by atoms with van der Waals surface area (Å²) in [6.07, 6.45) is 1.59. The third kappa shape index (κ3) is 2.04. The first-order valence-corrected chi connectivity index (χ1v) is 4.32. The highest BCUT2D eigenvalue weighted by atomic mass is 19.2. The lowest BCUT2D eigenvalue weighted by Gasteiger charge is -2.01. The lowest BCUT2D eigenvalue weighted by atomic mass is 10.1. The van der Waals surface area contributed by atoms with Crippen LogP contribution in [0.3, 0.4) is 0 Å². The van der Waals surface area contributed by atoms with Crippen molar-refractivity contribution in [3.8, 4) is 0 Å². The Labute approximate surface area is 75.3 Å². The first-order chi connectivity index (χ1) is 6.27. The van der Waals surface area contributed by atoms with Gasteiger partial charge >= 0.3 is 0 Å². The summed E-state index contributed by atoms with van der Waals surface area (Å²) in [5.41, 5.74) is 0.440. The van der Waals surface area contributed by atoms with Crippen LogP contribution in [0.2, 0.25) is 0 Å². The molecule has 1 fully saturated rings. The number of hydrogen-bond acceptors (Lipinski definition) is 1. The quantitative estimate of drug-likeness (QED) is 0.656. The van der Waals surface area contributed by atoms with E-state index in [2.05, 4.69) is 0 Å². The van der Waals surface area contributed by atoms with Gasteiger partial charge < -0.3 is 4.74 Å². The zero-order valence-electron chi connectivity index (χ0n) is 7.09. The number of rotatable bonds is 3. The van der Waals surface area contributed by atoms with Gasteiger partial charge in [0.1, 0.15) is 0 Å². The molecule has 2 rings (SSSR count). The molecule has 0 amide bonds. The highest BCUT2D eigenvalue weighted by molar-refractivity contribution is 5.19. The van der Waals surface area contributed by atoms with E-state index in [1.807, 2.05) is 0 Å². The van der Waals surface area contributed by atoms with Gasteiger partial charge in [0, 0.05) is 0 Å². The second kappa shape index (κ2) is 3.42. The van der Waals surface area contributed by atoms with Gasteiger partial charge in [-0.3, -0.25) is 0 Å². The number of ether oxygens (including phenoxy) is 1. The first-order valence-electron chi connectivity index (χ1n) is 4.32. The highest BCUT2D eigenvalue weighted by Gasteiger charge is 2.22. The van der Waals surface area contributed by atoms with Crippen LogP contribution in [-0.4, -0.2) is 12.7 Å². The van der Waals surface area contributed by atoms with Crippen LogP contribution in [-0.2, 0) is 11.2 Å². The summed E-state index contributed by atoms with van der Waals surface area (Å²) in [5, 5.41) is 0. The van der Waals surface area contributed by atoms with Crippen LogP contribution >= 0.6 is 0 Å². The SMILES string of the molecule is Fc1cccc(CCC2CO2)c1F. The normalized spacial score (nSPS) is 20.3. The molecule has 0 spiro atoms. The van der Waals surface area contributed by atoms with Gasteiger partial charge in [0.15, 0.2) is 11.6 Å². The van der Waals surface area contributed by atoms with E-state index in [9.17, 15) is 8.78 Å². The minimum Gasteiger partial charge on any atom is -0.373 e. The third-order valence-corrected chi connectivity index (χ3v) is 2.17. The van der Waals surface area contributed by atoms with E-state index in [0.29, 0.717) is 12.0 Å². The molecule has 0 radical (unpaired) electrons. The number of epoxide rings is 1. The molecule has 0 aliphatic carbocycles. The van der Waals surface area contributed by atoms with E-state index in [1.54, 1.807) is 6.07 Å². The fourth-order valence-electron chi connectivity index (χ4n) is 1.29. The van der Waals surface area contributed by atoms with Crippen molar-refractivity contribution in [3.63, 3.8) is 0 Å². The predicted octanol–water partition coefficient (Wildman–Crippen LogP) is 2.30. The number of benzene rings is 1. The summed E-state index contributed by atoms with van der Waals surface area (Å²) in [7, 11) is 0. The van der Waals surface area contributed by atoms with Crippen LogP contribution in [0.4, 0.5) is 8.78 Å². The van der Waals surface area contributed by atoms with Crippen molar-refractivity contribution in [2.75, 3.05) is 6.61 Å². The first kappa shape index (κ1) is 8.63. The summed E-state index contributed by atoms with van der Waals surface area (Å²) in [6, 6.07) is 4.27. The molecule has 1 aliphatic rings. The molecule has 1 aliphatic heterocycles. The smallest absolute Gasteiger partial charge is 0.162 e. The molecule has 1 heterocycles. The van der Waals surface area contributed by atoms with E-state index in [1.165, 1.54) is 6.07 Å². The van der Waals surface area contributed by atoms with Gasteiger partial charge in [-0.1, -0.05) is 12.1 Å². The molecular weight excluding hydrogens is 174 g/mol. The standard InChI is InChI=1S/C10H10F2O/c11-9-3-1-2-7(10(9)12)4-5-8-6-13-8/h1-3,8H,4-6H2. The van der Waals surface area contributed by atoms with Crippen molar-refractivity contribution >= 4 is 0 Å². The molecule has 1 nitrogen and oxygen atoms in total. The van der Waals surface area contributed by atoms with Gasteiger partial charge in [-0.05, 0) is 24.5 Å². The Morgan fingerprint density at radius 2 is 2.15 bits per heavy atom. The van der Waals surface area contributed by atoms with Crippen molar-refractivity contribution in [2.45, 2.75) is 18.9 Å². The number of halogens is 2. The van der Waals surface area contributed by atoms with Crippen molar-refractivity contribution in [3.05, 3.63) is 35.4 Å². The Kier molecular flexibility index (Phi) is 2.27. The van der Waals surface area contributed by atoms with Gasteiger partial charge in [0.2, 0.25) is 0 Å². The minimum atomic E-state index is -0.769. The van der Waals surface area contributed by atoms with E-state index >= 15 is 0 Å². The highest BCUT2D eigenvalue weighted by Crippen LogP contribution is 2.19. The lowest BCUT2D eigenvalue weighted by molar-refractivity contribution is 0.394. The van der Waals surface area contributed by atoms with Crippen LogP contribution < -0.4 is 0 Å². The molecule has 1 saturated heterocycles. The van der Waals surface area contributed by atoms with Gasteiger partial charge in [-0.2, -0.15) is 0 Å². The molecule has 0 bridgehead atoms. The van der Waals surface area contributed by atoms with E-state index < -0.39 is 11.6 Å². The van der Waals surface area contributed by atoms with Crippen LogP contribution in [0.25, 0.3) is 0 Å². The second-order valence-electron chi connectivity index (χ2n) is 3.21. The van der Waals surface area contributed by atoms with Gasteiger partial charge in [0.25, 0.3) is 0 Å². The molecule has 13 heavy (non-hydrogen) atoms. The molecule has 1 unspecified atom stereocenters. The lowest BCUT2D eigenvalue weighted by Crippen LogP contribution is -1.96. The molecule has 70 valence electrons. The molecular formula is C10H10F2O. The summed E-state index contributed by atoms with van der Waals surface area (Å²) < 4.78 is 30.8. The maximum atomic E-state index is 13.1. The molecule has 1 aromatic carbocycles. The molecule has 1 atom stereocenters. The molecule has 0 N–H and O–H groups in total. The topological polar surface area (TPSA) is 12.5 Å². The Balaban J connectivity index is 2.05. The van der Waals surface area contributed by atoms with Gasteiger partial charge in [-0.25, -0.2) is 8.78 Å². The Morgan fingerprint density at radius 1 is 1.38 bits per heavy atom. The van der Waals surface area contributed by atoms with E-state index in [-0.39, 0.29) is 6.10 Å². The minimum absolute atomic E-state index is 0.266. The molecule has 0 aromatic heterocycles. The van der Waals surface area contributed by atoms with Crippen LogP contribution in [0.5, 0.6) is 0 Å². The second-order valence-corrected chi connectivity index (χ2v) is 3.21. The van der Waals surface area contributed by atoms with Crippen LogP contribution in [0.15, 0.2) is 18.2 Å². The molecule has 3 heteroatoms. The maximum absolute atomic E-state index is 13.1. The van der Waals surface area contributed by atoms with Gasteiger partial charge in [-0.15, -0.1) is 0 Å². The number of aryl methyl sites for hydroxylation is 1. The summed E-state index contributed by atoms with van der Waals surface area (Å²) in [6.45, 7) is 0.761. The van der Waals surface area contributed by atoms with Gasteiger partial charge in [0.05, 0.1) is 12.7 Å². The summed E-state index contributed by atoms with van der Waals surface area (Å²) in [4.78, 5) is 0. The van der Waals surface area contributed by atoms with Crippen molar-refractivity contribution in [2.24, 2.45) is 0 Å². The molecule has 1 aromatic rings. The fourth-order valence-corrected chi connectivity index (χ4v) is 1.29. The van der Waals surface area contributed by atoms with E-state index in [4.69, 9.17) is 4.74 Å². The fraction of sp³-hybridized carbons (Fsp3) is 0.400. The largest absolute Gasteiger partial charge is 0.373 e. The van der Waals surface area contributed by atoms with Crippen molar-refractivity contribution in [1.29, 1.82) is 0 Å². The van der Waals surface area contributed by atoms with Crippen LogP contribution in [0, 0.1) is 11.6 Å². The Bertz CT molecular complexity index is 308. The van der Waals surface area contributed by atoms with Crippen molar-refractivity contribution in [1.82, 2.24) is 0 Å². The van der Waals surface area contributed by atoms with Crippen molar-refractivity contribution < 1.29 is 13.5 Å². The van der Waals surface area contributed by atoms with Crippen LogP contribution in [0.1, 0.15) is 12.0 Å².